The monoisotopic (exact) mass is 238 g/mol. The number of amides is 1. The summed E-state index contributed by atoms with van der Waals surface area (Å²) in [6, 6.07) is 1.34. The molecule has 1 saturated heterocycles. The topological polar surface area (TPSA) is 97.8 Å². The van der Waals surface area contributed by atoms with Gasteiger partial charge in [0.2, 0.25) is 0 Å². The van der Waals surface area contributed by atoms with Crippen molar-refractivity contribution in [2.45, 2.75) is 6.10 Å². The first-order valence-corrected chi connectivity index (χ1v) is 4.91. The van der Waals surface area contributed by atoms with E-state index in [9.17, 15) is 9.59 Å². The molecule has 0 bridgehead atoms. The summed E-state index contributed by atoms with van der Waals surface area (Å²) in [5, 5.41) is 11.4. The van der Waals surface area contributed by atoms with Crippen LogP contribution in [0.1, 0.15) is 10.4 Å². The van der Waals surface area contributed by atoms with Gasteiger partial charge in [-0.15, -0.1) is 0 Å². The quantitative estimate of drug-likeness (QED) is 0.781. The second-order valence-corrected chi connectivity index (χ2v) is 3.40. The minimum absolute atomic E-state index is 0.0253. The fraction of sp³-hybridized carbons (Fsp3) is 0.300. The highest BCUT2D eigenvalue weighted by molar-refractivity contribution is 5.90. The summed E-state index contributed by atoms with van der Waals surface area (Å²) >= 11 is 0. The number of nitrogens with zero attached hydrogens (tertiary/aromatic N) is 1. The lowest BCUT2D eigenvalue weighted by molar-refractivity contribution is 0.0683. The van der Waals surface area contributed by atoms with Gasteiger partial charge in [0.15, 0.2) is 11.9 Å². The van der Waals surface area contributed by atoms with E-state index >= 15 is 0 Å². The van der Waals surface area contributed by atoms with Crippen LogP contribution in [0.5, 0.6) is 5.75 Å². The molecule has 2 rings (SSSR count). The molecular formula is C10H10N2O5. The Morgan fingerprint density at radius 2 is 2.53 bits per heavy atom. The number of cyclic esters (lactones) is 1. The summed E-state index contributed by atoms with van der Waals surface area (Å²) < 4.78 is 10.1. The number of alkyl carbamates (subject to hydrolysis) is 1. The Labute approximate surface area is 96.4 Å². The van der Waals surface area contributed by atoms with Crippen LogP contribution in [0.4, 0.5) is 4.79 Å². The summed E-state index contributed by atoms with van der Waals surface area (Å²) in [7, 11) is 0. The maximum Gasteiger partial charge on any atom is 0.407 e. The lowest BCUT2D eigenvalue weighted by Crippen LogP contribution is -2.22. The Hall–Kier alpha value is -2.31. The van der Waals surface area contributed by atoms with E-state index in [2.05, 4.69) is 10.3 Å². The van der Waals surface area contributed by atoms with Crippen LogP contribution in [0.2, 0.25) is 0 Å². The molecule has 7 nitrogen and oxygen atoms in total. The molecule has 1 aliphatic rings. The molecule has 1 amide bonds. The van der Waals surface area contributed by atoms with E-state index < -0.39 is 18.2 Å². The Balaban J connectivity index is 1.99. The standard InChI is InChI=1S/C10H10N2O5/c13-9(14)7-1-2-11-4-8(7)16-5-6-3-12-10(15)17-6/h1-2,4,6H,3,5H2,(H,12,15)(H,13,14). The van der Waals surface area contributed by atoms with Crippen molar-refractivity contribution in [3.05, 3.63) is 24.0 Å². The fourth-order valence-electron chi connectivity index (χ4n) is 1.38. The zero-order valence-electron chi connectivity index (χ0n) is 8.75. The van der Waals surface area contributed by atoms with E-state index in [0.29, 0.717) is 6.54 Å². The number of hydrogen-bond acceptors (Lipinski definition) is 5. The number of pyridine rings is 1. The van der Waals surface area contributed by atoms with E-state index in [0.717, 1.165) is 0 Å². The summed E-state index contributed by atoms with van der Waals surface area (Å²) in [4.78, 5) is 25.4. The normalized spacial score (nSPS) is 18.4. The Bertz CT molecular complexity index is 448. The summed E-state index contributed by atoms with van der Waals surface area (Å²) in [6.07, 6.45) is 1.77. The molecule has 1 fully saturated rings. The van der Waals surface area contributed by atoms with Crippen molar-refractivity contribution in [2.24, 2.45) is 0 Å². The molecule has 2 heterocycles. The summed E-state index contributed by atoms with van der Waals surface area (Å²) in [5.41, 5.74) is 0.0253. The van der Waals surface area contributed by atoms with E-state index in [-0.39, 0.29) is 17.9 Å². The van der Waals surface area contributed by atoms with Gasteiger partial charge in [0.05, 0.1) is 12.7 Å². The van der Waals surface area contributed by atoms with Crippen molar-refractivity contribution in [3.63, 3.8) is 0 Å². The van der Waals surface area contributed by atoms with Gasteiger partial charge < -0.3 is 19.9 Å². The first kappa shape index (κ1) is 11.2. The first-order valence-electron chi connectivity index (χ1n) is 4.91. The molecule has 0 aliphatic carbocycles. The average Bonchev–Trinajstić information content (AvgIpc) is 2.73. The highest BCUT2D eigenvalue weighted by atomic mass is 16.6. The van der Waals surface area contributed by atoms with Gasteiger partial charge in [-0.2, -0.15) is 0 Å². The Kier molecular flexibility index (Phi) is 3.08. The molecule has 2 N–H and O–H groups in total. The third-order valence-corrected chi connectivity index (χ3v) is 2.19. The van der Waals surface area contributed by atoms with E-state index in [1.165, 1.54) is 18.5 Å². The lowest BCUT2D eigenvalue weighted by Gasteiger charge is -2.11. The van der Waals surface area contributed by atoms with Gasteiger partial charge in [0.25, 0.3) is 0 Å². The van der Waals surface area contributed by atoms with Crippen LogP contribution in [0.3, 0.4) is 0 Å². The molecule has 90 valence electrons. The number of carboxylic acids is 1. The van der Waals surface area contributed by atoms with Crippen LogP contribution in [0, 0.1) is 0 Å². The van der Waals surface area contributed by atoms with E-state index in [4.69, 9.17) is 14.6 Å². The van der Waals surface area contributed by atoms with Gasteiger partial charge >= 0.3 is 12.1 Å². The van der Waals surface area contributed by atoms with E-state index in [1.807, 2.05) is 0 Å². The molecule has 1 atom stereocenters. The second-order valence-electron chi connectivity index (χ2n) is 3.40. The van der Waals surface area contributed by atoms with Crippen molar-refractivity contribution in [1.29, 1.82) is 0 Å². The van der Waals surface area contributed by atoms with Crippen LogP contribution >= 0.6 is 0 Å². The Morgan fingerprint density at radius 1 is 1.71 bits per heavy atom. The number of carbonyl (C=O) groups excluding carboxylic acids is 1. The number of carbonyl (C=O) groups is 2. The molecule has 0 aromatic carbocycles. The molecule has 0 spiro atoms. The molecule has 7 heteroatoms. The number of rotatable bonds is 4. The highest BCUT2D eigenvalue weighted by Crippen LogP contribution is 2.17. The number of nitrogens with one attached hydrogen (secondary N) is 1. The average molecular weight is 238 g/mol. The molecule has 1 unspecified atom stereocenters. The van der Waals surface area contributed by atoms with Gasteiger partial charge in [-0.25, -0.2) is 9.59 Å². The predicted molar refractivity (Wildman–Crippen MR) is 55.0 cm³/mol. The SMILES string of the molecule is O=C1NCC(COc2cnccc2C(=O)O)O1. The third-order valence-electron chi connectivity index (χ3n) is 2.19. The van der Waals surface area contributed by atoms with Crippen LogP contribution in [-0.4, -0.2) is 41.4 Å². The van der Waals surface area contributed by atoms with Crippen molar-refractivity contribution in [1.82, 2.24) is 10.3 Å². The first-order chi connectivity index (χ1) is 8.16. The van der Waals surface area contributed by atoms with Crippen molar-refractivity contribution in [2.75, 3.05) is 13.2 Å². The summed E-state index contributed by atoms with van der Waals surface area (Å²) in [5.74, 6) is -0.938. The molecule has 1 aromatic heterocycles. The highest BCUT2D eigenvalue weighted by Gasteiger charge is 2.23. The number of aromatic nitrogens is 1. The van der Waals surface area contributed by atoms with Gasteiger partial charge in [-0.05, 0) is 6.07 Å². The molecule has 0 saturated carbocycles. The van der Waals surface area contributed by atoms with E-state index in [1.54, 1.807) is 0 Å². The van der Waals surface area contributed by atoms with Crippen LogP contribution < -0.4 is 10.1 Å². The summed E-state index contributed by atoms with van der Waals surface area (Å²) in [6.45, 7) is 0.437. The second kappa shape index (κ2) is 4.69. The molecule has 0 radical (unpaired) electrons. The number of aromatic carboxylic acids is 1. The Morgan fingerprint density at radius 3 is 3.18 bits per heavy atom. The minimum atomic E-state index is -1.09. The zero-order valence-corrected chi connectivity index (χ0v) is 8.75. The smallest absolute Gasteiger partial charge is 0.407 e. The maximum atomic E-state index is 10.9. The third kappa shape index (κ3) is 2.63. The fourth-order valence-corrected chi connectivity index (χ4v) is 1.38. The predicted octanol–water partition coefficient (Wildman–Crippen LogP) is 0.267. The number of carboxylic acid groups (broad SMARTS) is 1. The van der Waals surface area contributed by atoms with Crippen molar-refractivity contribution < 1.29 is 24.2 Å². The van der Waals surface area contributed by atoms with Gasteiger partial charge in [0.1, 0.15) is 12.2 Å². The van der Waals surface area contributed by atoms with Crippen molar-refractivity contribution >= 4 is 12.1 Å². The van der Waals surface area contributed by atoms with Crippen molar-refractivity contribution in [3.8, 4) is 5.75 Å². The van der Waals surface area contributed by atoms with Gasteiger partial charge in [-0.3, -0.25) is 4.98 Å². The largest absolute Gasteiger partial charge is 0.487 e. The molecule has 17 heavy (non-hydrogen) atoms. The number of ether oxygens (including phenoxy) is 2. The zero-order chi connectivity index (χ0) is 12.3. The van der Waals surface area contributed by atoms with Gasteiger partial charge in [-0.1, -0.05) is 0 Å². The lowest BCUT2D eigenvalue weighted by atomic mass is 10.2. The molecular weight excluding hydrogens is 228 g/mol. The molecule has 1 aliphatic heterocycles. The molecule has 1 aromatic rings. The maximum absolute atomic E-state index is 10.9. The number of hydrogen-bond donors (Lipinski definition) is 2. The van der Waals surface area contributed by atoms with Crippen LogP contribution in [0.25, 0.3) is 0 Å². The van der Waals surface area contributed by atoms with Gasteiger partial charge in [0, 0.05) is 6.20 Å². The van der Waals surface area contributed by atoms with Crippen LogP contribution in [0.15, 0.2) is 18.5 Å². The minimum Gasteiger partial charge on any atom is -0.487 e. The van der Waals surface area contributed by atoms with Crippen LogP contribution in [-0.2, 0) is 4.74 Å².